The molecule has 0 aromatic heterocycles. The molecule has 3 aliphatic rings. The maximum atomic E-state index is 13.4. The number of ether oxygens (including phenoxy) is 2. The summed E-state index contributed by atoms with van der Waals surface area (Å²) in [7, 11) is 1.68. The maximum Gasteiger partial charge on any atom is 0.320 e. The Kier molecular flexibility index (Phi) is 7.24. The highest BCUT2D eigenvalue weighted by molar-refractivity contribution is 5.83. The Morgan fingerprint density at radius 1 is 0.949 bits per heavy atom. The largest absolute Gasteiger partial charge is 0.497 e. The van der Waals surface area contributed by atoms with E-state index in [1.807, 2.05) is 40.1 Å². The molecule has 6 rings (SSSR count). The number of nitrogens with one attached hydrogen (secondary N) is 1. The number of urea groups is 1. The molecule has 2 fully saturated rings. The van der Waals surface area contributed by atoms with Crippen molar-refractivity contribution in [2.24, 2.45) is 5.92 Å². The fraction of sp³-hybridized carbons (Fsp3) is 0.375. The van der Waals surface area contributed by atoms with E-state index in [0.29, 0.717) is 51.9 Å². The number of benzene rings is 3. The Bertz CT molecular complexity index is 1350. The molecule has 3 amide bonds. The third-order valence-electron chi connectivity index (χ3n) is 8.25. The summed E-state index contributed by atoms with van der Waals surface area (Å²) in [6.45, 7) is 4.06. The fourth-order valence-corrected chi connectivity index (χ4v) is 5.95. The first-order valence-corrected chi connectivity index (χ1v) is 13.8. The number of morpholine rings is 1. The van der Waals surface area contributed by atoms with Gasteiger partial charge in [0, 0.05) is 38.6 Å². The van der Waals surface area contributed by atoms with Gasteiger partial charge >= 0.3 is 6.03 Å². The van der Waals surface area contributed by atoms with Gasteiger partial charge in [-0.1, -0.05) is 54.6 Å². The van der Waals surface area contributed by atoms with Crippen molar-refractivity contribution in [2.45, 2.75) is 31.8 Å². The second kappa shape index (κ2) is 11.1. The van der Waals surface area contributed by atoms with Crippen molar-refractivity contribution < 1.29 is 19.1 Å². The normalized spacial score (nSPS) is 20.2. The maximum absolute atomic E-state index is 13.4. The van der Waals surface area contributed by atoms with E-state index in [1.165, 1.54) is 11.1 Å². The van der Waals surface area contributed by atoms with E-state index in [0.717, 1.165) is 40.8 Å². The van der Waals surface area contributed by atoms with E-state index in [-0.39, 0.29) is 17.9 Å². The van der Waals surface area contributed by atoms with Crippen LogP contribution in [0.15, 0.2) is 66.7 Å². The molecule has 0 spiro atoms. The first-order chi connectivity index (χ1) is 19.1. The van der Waals surface area contributed by atoms with Crippen molar-refractivity contribution in [3.63, 3.8) is 0 Å². The minimum atomic E-state index is 0.0266. The van der Waals surface area contributed by atoms with Crippen LogP contribution in [0.25, 0.3) is 11.1 Å². The van der Waals surface area contributed by atoms with Crippen LogP contribution in [0.2, 0.25) is 0 Å². The second-order valence-corrected chi connectivity index (χ2v) is 10.6. The van der Waals surface area contributed by atoms with Gasteiger partial charge in [0.25, 0.3) is 0 Å². The molecule has 2 unspecified atom stereocenters. The van der Waals surface area contributed by atoms with Crippen molar-refractivity contribution in [3.8, 4) is 16.9 Å². The molecule has 7 nitrogen and oxygen atoms in total. The Morgan fingerprint density at radius 3 is 2.56 bits per heavy atom. The van der Waals surface area contributed by atoms with Gasteiger partial charge in [-0.15, -0.1) is 0 Å². The number of hydrogen-bond acceptors (Lipinski definition) is 4. The number of hydrogen-bond donors (Lipinski definition) is 1. The van der Waals surface area contributed by atoms with Crippen LogP contribution in [-0.4, -0.2) is 61.7 Å². The summed E-state index contributed by atoms with van der Waals surface area (Å²) in [4.78, 5) is 30.3. The lowest BCUT2D eigenvalue weighted by molar-refractivity contribution is -0.122. The van der Waals surface area contributed by atoms with Crippen LogP contribution < -0.4 is 10.1 Å². The Labute approximate surface area is 229 Å². The molecule has 39 heavy (non-hydrogen) atoms. The second-order valence-electron chi connectivity index (χ2n) is 10.6. The molecule has 0 bridgehead atoms. The van der Waals surface area contributed by atoms with Crippen LogP contribution in [0.3, 0.4) is 0 Å². The summed E-state index contributed by atoms with van der Waals surface area (Å²) < 4.78 is 10.9. The Hall–Kier alpha value is -3.84. The number of amides is 3. The van der Waals surface area contributed by atoms with E-state index < -0.39 is 0 Å². The predicted octanol–water partition coefficient (Wildman–Crippen LogP) is 4.59. The minimum Gasteiger partial charge on any atom is -0.497 e. The van der Waals surface area contributed by atoms with Crippen molar-refractivity contribution in [1.29, 1.82) is 0 Å². The zero-order chi connectivity index (χ0) is 26.8. The average molecular weight is 526 g/mol. The number of fused-ring (bicyclic) bond motifs is 1. The zero-order valence-electron chi connectivity index (χ0n) is 22.4. The van der Waals surface area contributed by atoms with Crippen LogP contribution in [-0.2, 0) is 29.0 Å². The first kappa shape index (κ1) is 25.4. The van der Waals surface area contributed by atoms with E-state index >= 15 is 0 Å². The molecular weight excluding hydrogens is 490 g/mol. The minimum absolute atomic E-state index is 0.0266. The molecule has 202 valence electrons. The van der Waals surface area contributed by atoms with E-state index in [9.17, 15) is 9.59 Å². The quantitative estimate of drug-likeness (QED) is 0.511. The summed E-state index contributed by atoms with van der Waals surface area (Å²) >= 11 is 0. The van der Waals surface area contributed by atoms with Crippen LogP contribution in [0, 0.1) is 5.92 Å². The molecule has 2 atom stereocenters. The smallest absolute Gasteiger partial charge is 0.320 e. The molecule has 1 aliphatic carbocycles. The Morgan fingerprint density at radius 2 is 1.77 bits per heavy atom. The van der Waals surface area contributed by atoms with Crippen LogP contribution >= 0.6 is 0 Å². The molecule has 3 aromatic carbocycles. The van der Waals surface area contributed by atoms with E-state index in [1.54, 1.807) is 7.11 Å². The number of rotatable bonds is 6. The summed E-state index contributed by atoms with van der Waals surface area (Å²) in [5, 5.41) is 3.21. The zero-order valence-corrected chi connectivity index (χ0v) is 22.4. The third-order valence-corrected chi connectivity index (χ3v) is 8.25. The van der Waals surface area contributed by atoms with Gasteiger partial charge in [-0.3, -0.25) is 4.79 Å². The third kappa shape index (κ3) is 5.36. The average Bonchev–Trinajstić information content (AvgIpc) is 3.81. The number of methoxy groups -OCH3 is 1. The standard InChI is InChI=1S/C32H35N3O4/c1-38-25-9-5-8-23(18-25)26-11-10-24(20-33-31(36)29-19-28(29)22-6-3-2-4-7-22)30-21-35(13-12-27(26)30)32(37)34-14-16-39-17-15-34/h2-11,18,28-29H,12-17,19-21H2,1H3,(H,33,36). The predicted molar refractivity (Wildman–Crippen MR) is 149 cm³/mol. The number of carbonyl (C=O) groups is 2. The van der Waals surface area contributed by atoms with Crippen LogP contribution in [0.4, 0.5) is 4.79 Å². The Balaban J connectivity index is 1.24. The summed E-state index contributed by atoms with van der Waals surface area (Å²) in [6, 6.07) is 22.7. The molecule has 1 saturated carbocycles. The highest BCUT2D eigenvalue weighted by Gasteiger charge is 2.43. The van der Waals surface area contributed by atoms with Gasteiger partial charge in [0.1, 0.15) is 5.75 Å². The summed E-state index contributed by atoms with van der Waals surface area (Å²) in [5.41, 5.74) is 6.94. The topological polar surface area (TPSA) is 71.1 Å². The van der Waals surface area contributed by atoms with Gasteiger partial charge in [-0.25, -0.2) is 4.79 Å². The highest BCUT2D eigenvalue weighted by atomic mass is 16.5. The van der Waals surface area contributed by atoms with E-state index in [2.05, 4.69) is 41.7 Å². The van der Waals surface area contributed by atoms with Crippen molar-refractivity contribution in [2.75, 3.05) is 40.0 Å². The van der Waals surface area contributed by atoms with Gasteiger partial charge in [0.2, 0.25) is 5.91 Å². The molecule has 0 radical (unpaired) electrons. The van der Waals surface area contributed by atoms with Gasteiger partial charge < -0.3 is 24.6 Å². The fourth-order valence-electron chi connectivity index (χ4n) is 5.95. The molecule has 1 saturated heterocycles. The van der Waals surface area contributed by atoms with Gasteiger partial charge in [-0.05, 0) is 64.3 Å². The monoisotopic (exact) mass is 525 g/mol. The van der Waals surface area contributed by atoms with Gasteiger partial charge in [0.05, 0.1) is 20.3 Å². The van der Waals surface area contributed by atoms with Crippen LogP contribution in [0.1, 0.15) is 34.6 Å². The molecular formula is C32H35N3O4. The number of carbonyl (C=O) groups excluding carboxylic acids is 2. The lowest BCUT2D eigenvalue weighted by Crippen LogP contribution is -2.49. The summed E-state index contributed by atoms with van der Waals surface area (Å²) in [6.07, 6.45) is 1.66. The van der Waals surface area contributed by atoms with Crippen molar-refractivity contribution >= 4 is 11.9 Å². The first-order valence-electron chi connectivity index (χ1n) is 13.8. The van der Waals surface area contributed by atoms with E-state index in [4.69, 9.17) is 9.47 Å². The molecule has 2 aliphatic heterocycles. The number of nitrogens with zero attached hydrogens (tertiary/aromatic N) is 2. The molecule has 3 aromatic rings. The highest BCUT2D eigenvalue weighted by Crippen LogP contribution is 2.47. The van der Waals surface area contributed by atoms with Gasteiger partial charge in [0.15, 0.2) is 0 Å². The molecule has 1 N–H and O–H groups in total. The molecule has 7 heteroatoms. The van der Waals surface area contributed by atoms with Crippen LogP contribution in [0.5, 0.6) is 5.75 Å². The van der Waals surface area contributed by atoms with Gasteiger partial charge in [-0.2, -0.15) is 0 Å². The molecule has 2 heterocycles. The van der Waals surface area contributed by atoms with Crippen molar-refractivity contribution in [3.05, 3.63) is 89.0 Å². The lowest BCUT2D eigenvalue weighted by atomic mass is 9.87. The SMILES string of the molecule is COc1cccc(-c2ccc(CNC(=O)C3CC3c3ccccc3)c3c2CCN(C(=O)N2CCOCC2)C3)c1. The summed E-state index contributed by atoms with van der Waals surface area (Å²) in [5.74, 6) is 1.25. The van der Waals surface area contributed by atoms with Crippen molar-refractivity contribution in [1.82, 2.24) is 15.1 Å². The lowest BCUT2D eigenvalue weighted by Gasteiger charge is -2.37.